The zero-order valence-corrected chi connectivity index (χ0v) is 20.6. The molecule has 2 fully saturated rings. The first-order valence-electron chi connectivity index (χ1n) is 12.6. The largest absolute Gasteiger partial charge is 0.478 e. The third-order valence-corrected chi connectivity index (χ3v) is 9.75. The molecule has 32 heavy (non-hydrogen) atoms. The van der Waals surface area contributed by atoms with Crippen LogP contribution in [0.1, 0.15) is 86.5 Å². The molecule has 0 spiro atoms. The number of carboxylic acids is 1. The SMILES string of the molecule is CC(C)N(C(=O)[C@H]1CCC2C3CC(F)=C4C=C(C(=O)O)CC[C@]4(C)C3CC[C@@]21C)C(C)C. The van der Waals surface area contributed by atoms with Crippen LogP contribution >= 0.6 is 0 Å². The average molecular weight is 446 g/mol. The van der Waals surface area contributed by atoms with E-state index in [1.54, 1.807) is 6.08 Å². The summed E-state index contributed by atoms with van der Waals surface area (Å²) < 4.78 is 15.5. The minimum atomic E-state index is -0.928. The molecule has 4 aliphatic carbocycles. The van der Waals surface area contributed by atoms with Crippen LogP contribution in [0.15, 0.2) is 23.0 Å². The Morgan fingerprint density at radius 2 is 1.72 bits per heavy atom. The second-order valence-electron chi connectivity index (χ2n) is 11.9. The highest BCUT2D eigenvalue weighted by Gasteiger charge is 2.61. The fourth-order valence-corrected chi connectivity index (χ4v) is 8.25. The van der Waals surface area contributed by atoms with Gasteiger partial charge in [0.2, 0.25) is 5.91 Å². The Hall–Kier alpha value is -1.65. The van der Waals surface area contributed by atoms with Crippen LogP contribution in [-0.2, 0) is 9.59 Å². The Morgan fingerprint density at radius 3 is 2.31 bits per heavy atom. The Labute approximate surface area is 192 Å². The fraction of sp³-hybridized carbons (Fsp3) is 0.778. The average Bonchev–Trinajstić information content (AvgIpc) is 3.04. The van der Waals surface area contributed by atoms with Gasteiger partial charge in [0.05, 0.1) is 0 Å². The first-order valence-corrected chi connectivity index (χ1v) is 12.6. The summed E-state index contributed by atoms with van der Waals surface area (Å²) in [6, 6.07) is 0.353. The second-order valence-corrected chi connectivity index (χ2v) is 11.9. The molecule has 3 unspecified atom stereocenters. The number of carbonyl (C=O) groups is 2. The Bertz CT molecular complexity index is 866. The topological polar surface area (TPSA) is 57.6 Å². The van der Waals surface area contributed by atoms with E-state index in [4.69, 9.17) is 0 Å². The van der Waals surface area contributed by atoms with Crippen LogP contribution in [0.3, 0.4) is 0 Å². The van der Waals surface area contributed by atoms with Crippen molar-refractivity contribution in [3.63, 3.8) is 0 Å². The molecule has 4 aliphatic rings. The predicted octanol–water partition coefficient (Wildman–Crippen LogP) is 6.13. The molecular formula is C27H40FNO3. The number of rotatable bonds is 4. The predicted molar refractivity (Wildman–Crippen MR) is 123 cm³/mol. The quantitative estimate of drug-likeness (QED) is 0.566. The van der Waals surface area contributed by atoms with Gasteiger partial charge in [-0.1, -0.05) is 13.8 Å². The molecule has 178 valence electrons. The van der Waals surface area contributed by atoms with Crippen molar-refractivity contribution >= 4 is 11.9 Å². The van der Waals surface area contributed by atoms with E-state index in [2.05, 4.69) is 41.5 Å². The van der Waals surface area contributed by atoms with E-state index in [9.17, 15) is 14.7 Å². The first kappa shape index (κ1) is 23.5. The summed E-state index contributed by atoms with van der Waals surface area (Å²) in [5.41, 5.74) is 0.603. The van der Waals surface area contributed by atoms with Gasteiger partial charge in [0.15, 0.2) is 0 Å². The molecule has 4 rings (SSSR count). The number of aliphatic carboxylic acids is 1. The molecule has 1 N–H and O–H groups in total. The third-order valence-electron chi connectivity index (χ3n) is 9.75. The van der Waals surface area contributed by atoms with Crippen LogP contribution in [0, 0.1) is 34.5 Å². The summed E-state index contributed by atoms with van der Waals surface area (Å²) in [5, 5.41) is 9.44. The minimum absolute atomic E-state index is 0.0179. The number of fused-ring (bicyclic) bond motifs is 5. The second kappa shape index (κ2) is 7.99. The maximum atomic E-state index is 15.5. The summed E-state index contributed by atoms with van der Waals surface area (Å²) in [5.74, 6) is 0.215. The van der Waals surface area contributed by atoms with Crippen LogP contribution in [0.4, 0.5) is 4.39 Å². The van der Waals surface area contributed by atoms with Gasteiger partial charge in [-0.3, -0.25) is 4.79 Å². The van der Waals surface area contributed by atoms with Gasteiger partial charge >= 0.3 is 5.97 Å². The van der Waals surface area contributed by atoms with Crippen molar-refractivity contribution in [2.24, 2.45) is 34.5 Å². The minimum Gasteiger partial charge on any atom is -0.478 e. The van der Waals surface area contributed by atoms with E-state index in [0.29, 0.717) is 42.2 Å². The maximum absolute atomic E-state index is 15.5. The van der Waals surface area contributed by atoms with Crippen LogP contribution in [0.2, 0.25) is 0 Å². The molecule has 0 aliphatic heterocycles. The van der Waals surface area contributed by atoms with Gasteiger partial charge in [-0.2, -0.15) is 0 Å². The van der Waals surface area contributed by atoms with E-state index >= 15 is 4.39 Å². The lowest BCUT2D eigenvalue weighted by Gasteiger charge is -2.57. The monoisotopic (exact) mass is 445 g/mol. The fourth-order valence-electron chi connectivity index (χ4n) is 8.25. The van der Waals surface area contributed by atoms with E-state index in [0.717, 1.165) is 25.7 Å². The third kappa shape index (κ3) is 3.37. The van der Waals surface area contributed by atoms with Gasteiger partial charge in [0.25, 0.3) is 0 Å². The summed E-state index contributed by atoms with van der Waals surface area (Å²) >= 11 is 0. The van der Waals surface area contributed by atoms with Crippen molar-refractivity contribution in [2.45, 2.75) is 98.6 Å². The number of allylic oxidation sites excluding steroid dienone is 3. The van der Waals surface area contributed by atoms with Crippen molar-refractivity contribution in [3.05, 3.63) is 23.0 Å². The number of nitrogens with zero attached hydrogens (tertiary/aromatic N) is 1. The number of carbonyl (C=O) groups excluding carboxylic acids is 1. The number of halogens is 1. The van der Waals surface area contributed by atoms with Crippen LogP contribution in [0.25, 0.3) is 0 Å². The lowest BCUT2D eigenvalue weighted by molar-refractivity contribution is -0.146. The molecule has 0 aromatic rings. The number of carboxylic acid groups (broad SMARTS) is 1. The molecule has 0 bridgehead atoms. The van der Waals surface area contributed by atoms with Gasteiger partial charge in [-0.25, -0.2) is 9.18 Å². The van der Waals surface area contributed by atoms with Gasteiger partial charge in [0.1, 0.15) is 5.83 Å². The molecule has 0 aromatic heterocycles. The molecule has 5 heteroatoms. The Balaban J connectivity index is 1.66. The Kier molecular flexibility index (Phi) is 5.87. The van der Waals surface area contributed by atoms with Gasteiger partial charge < -0.3 is 10.0 Å². The van der Waals surface area contributed by atoms with Gasteiger partial charge in [0, 0.05) is 30.0 Å². The summed E-state index contributed by atoms with van der Waals surface area (Å²) in [6.07, 6.45) is 7.13. The van der Waals surface area contributed by atoms with E-state index in [1.807, 2.05) is 4.90 Å². The molecule has 1 amide bonds. The highest BCUT2D eigenvalue weighted by Crippen LogP contribution is 2.67. The number of hydrogen-bond donors (Lipinski definition) is 1. The maximum Gasteiger partial charge on any atom is 0.331 e. The molecule has 0 heterocycles. The normalized spacial score (nSPS) is 38.8. The van der Waals surface area contributed by atoms with Crippen molar-refractivity contribution < 1.29 is 19.1 Å². The van der Waals surface area contributed by atoms with Crippen LogP contribution in [-0.4, -0.2) is 34.0 Å². The highest BCUT2D eigenvalue weighted by molar-refractivity contribution is 5.87. The van der Waals surface area contributed by atoms with E-state index in [-0.39, 0.29) is 46.5 Å². The van der Waals surface area contributed by atoms with Gasteiger partial charge in [-0.05, 0) is 106 Å². The van der Waals surface area contributed by atoms with Crippen molar-refractivity contribution in [1.29, 1.82) is 0 Å². The van der Waals surface area contributed by atoms with Gasteiger partial charge in [-0.15, -0.1) is 0 Å². The zero-order valence-electron chi connectivity index (χ0n) is 20.6. The highest BCUT2D eigenvalue weighted by atomic mass is 19.1. The van der Waals surface area contributed by atoms with E-state index < -0.39 is 5.97 Å². The number of hydrogen-bond acceptors (Lipinski definition) is 2. The van der Waals surface area contributed by atoms with Crippen LogP contribution in [0.5, 0.6) is 0 Å². The lowest BCUT2D eigenvalue weighted by Crippen LogP contribution is -2.53. The summed E-state index contributed by atoms with van der Waals surface area (Å²) in [4.78, 5) is 27.2. The molecule has 2 saturated carbocycles. The van der Waals surface area contributed by atoms with Crippen molar-refractivity contribution in [1.82, 2.24) is 4.90 Å². The van der Waals surface area contributed by atoms with E-state index in [1.165, 1.54) is 0 Å². The Morgan fingerprint density at radius 1 is 1.06 bits per heavy atom. The van der Waals surface area contributed by atoms with Crippen LogP contribution < -0.4 is 0 Å². The summed E-state index contributed by atoms with van der Waals surface area (Å²) in [6.45, 7) is 12.8. The molecule has 0 aromatic carbocycles. The first-order chi connectivity index (χ1) is 14.9. The molecule has 0 saturated heterocycles. The molecule has 4 nitrogen and oxygen atoms in total. The number of amides is 1. The standard InChI is InChI=1S/C27H40FNO3/c1-15(2)29(16(3)4)24(30)21-8-7-19-18-14-23(28)22-13-17(25(31)32)9-11-27(22,6)20(18)10-12-26(19,21)5/h13,15-16,18-21H,7-12,14H2,1-6H3,(H,31,32)/t18?,19?,20?,21-,26+,27-/m1/s1. The molecular weight excluding hydrogens is 405 g/mol. The summed E-state index contributed by atoms with van der Waals surface area (Å²) in [7, 11) is 0. The van der Waals surface area contributed by atoms with Crippen molar-refractivity contribution in [2.75, 3.05) is 0 Å². The molecule has 6 atom stereocenters. The zero-order chi connectivity index (χ0) is 23.6. The van der Waals surface area contributed by atoms with Crippen molar-refractivity contribution in [3.8, 4) is 0 Å². The smallest absolute Gasteiger partial charge is 0.331 e. The lowest BCUT2D eigenvalue weighted by atomic mass is 9.47. The molecule has 0 radical (unpaired) electrons.